The Morgan fingerprint density at radius 3 is 2.62 bits per heavy atom. The van der Waals surface area contributed by atoms with E-state index in [4.69, 9.17) is 9.72 Å². The molecule has 3 heterocycles. The van der Waals surface area contributed by atoms with Crippen LogP contribution in [0.4, 0.5) is 0 Å². The predicted octanol–water partition coefficient (Wildman–Crippen LogP) is 4.08. The zero-order chi connectivity index (χ0) is 17.5. The normalized spacial score (nSPS) is 11.3. The summed E-state index contributed by atoms with van der Waals surface area (Å²) in [5.74, 6) is 1.50. The van der Waals surface area contributed by atoms with Crippen LogP contribution in [0.15, 0.2) is 60.7 Å². The van der Waals surface area contributed by atoms with Crippen molar-refractivity contribution in [2.75, 3.05) is 7.11 Å². The number of pyridine rings is 1. The Morgan fingerprint density at radius 2 is 1.77 bits per heavy atom. The molecule has 0 saturated carbocycles. The van der Waals surface area contributed by atoms with Gasteiger partial charge in [-0.2, -0.15) is 9.61 Å². The third-order valence-corrected chi connectivity index (χ3v) is 5.08. The van der Waals surface area contributed by atoms with E-state index in [0.717, 1.165) is 37.9 Å². The maximum absolute atomic E-state index is 5.21. The lowest BCUT2D eigenvalue weighted by atomic mass is 10.2. The molecule has 5 aromatic rings. The Bertz CT molecular complexity index is 1230. The van der Waals surface area contributed by atoms with Gasteiger partial charge in [0.1, 0.15) is 11.4 Å². The first kappa shape index (κ1) is 15.0. The Balaban J connectivity index is 1.60. The van der Waals surface area contributed by atoms with Crippen molar-refractivity contribution < 1.29 is 4.74 Å². The first-order valence-electron chi connectivity index (χ1n) is 8.05. The summed E-state index contributed by atoms with van der Waals surface area (Å²) in [5.41, 5.74) is 2.72. The van der Waals surface area contributed by atoms with Crippen LogP contribution in [-0.2, 0) is 0 Å². The highest BCUT2D eigenvalue weighted by atomic mass is 32.1. The molecule has 126 valence electrons. The Hall–Kier alpha value is -3.32. The van der Waals surface area contributed by atoms with E-state index >= 15 is 0 Å². The van der Waals surface area contributed by atoms with Gasteiger partial charge >= 0.3 is 0 Å². The van der Waals surface area contributed by atoms with E-state index in [1.165, 1.54) is 11.3 Å². The second-order valence-corrected chi connectivity index (χ2v) is 6.70. The van der Waals surface area contributed by atoms with E-state index in [-0.39, 0.29) is 0 Å². The van der Waals surface area contributed by atoms with Gasteiger partial charge in [0, 0.05) is 10.9 Å². The average molecular weight is 359 g/mol. The van der Waals surface area contributed by atoms with Gasteiger partial charge in [-0.25, -0.2) is 4.98 Å². The van der Waals surface area contributed by atoms with Crippen molar-refractivity contribution in [3.63, 3.8) is 0 Å². The molecule has 0 aliphatic heterocycles. The number of ether oxygens (including phenoxy) is 1. The van der Waals surface area contributed by atoms with Gasteiger partial charge in [0.05, 0.1) is 12.6 Å². The number of methoxy groups -OCH3 is 1. The number of para-hydroxylation sites is 1. The van der Waals surface area contributed by atoms with Gasteiger partial charge in [0.25, 0.3) is 0 Å². The molecule has 0 spiro atoms. The topological polar surface area (TPSA) is 65.2 Å². The standard InChI is InChI=1S/C19H13N5OS/c1-25-14-9-6-13(7-10-14)17-21-22-19-24(17)23-18(26-19)16-11-8-12-4-2-3-5-15(12)20-16/h2-11H,1H3. The van der Waals surface area contributed by atoms with Crippen LogP contribution in [0.1, 0.15) is 0 Å². The summed E-state index contributed by atoms with van der Waals surface area (Å²) in [6.07, 6.45) is 0. The summed E-state index contributed by atoms with van der Waals surface area (Å²) in [6.45, 7) is 0. The van der Waals surface area contributed by atoms with Crippen molar-refractivity contribution in [2.24, 2.45) is 0 Å². The fourth-order valence-electron chi connectivity index (χ4n) is 2.83. The summed E-state index contributed by atoms with van der Waals surface area (Å²) >= 11 is 1.47. The van der Waals surface area contributed by atoms with Gasteiger partial charge in [-0.15, -0.1) is 10.2 Å². The zero-order valence-electron chi connectivity index (χ0n) is 13.8. The lowest BCUT2D eigenvalue weighted by molar-refractivity contribution is 0.415. The first-order valence-corrected chi connectivity index (χ1v) is 8.86. The Labute approximate surface area is 152 Å². The van der Waals surface area contributed by atoms with Crippen LogP contribution < -0.4 is 4.74 Å². The number of nitrogens with zero attached hydrogens (tertiary/aromatic N) is 5. The highest BCUT2D eigenvalue weighted by molar-refractivity contribution is 7.19. The highest BCUT2D eigenvalue weighted by Gasteiger charge is 2.15. The third-order valence-electron chi connectivity index (χ3n) is 4.16. The van der Waals surface area contributed by atoms with E-state index in [1.54, 1.807) is 11.6 Å². The van der Waals surface area contributed by atoms with Gasteiger partial charge in [-0.1, -0.05) is 35.6 Å². The molecule has 0 aliphatic carbocycles. The van der Waals surface area contributed by atoms with Gasteiger partial charge < -0.3 is 4.74 Å². The van der Waals surface area contributed by atoms with Crippen LogP contribution in [-0.4, -0.2) is 31.9 Å². The molecule has 0 amide bonds. The summed E-state index contributed by atoms with van der Waals surface area (Å²) < 4.78 is 6.97. The molecule has 0 atom stereocenters. The number of hydrogen-bond donors (Lipinski definition) is 0. The quantitative estimate of drug-likeness (QED) is 0.486. The maximum Gasteiger partial charge on any atom is 0.235 e. The van der Waals surface area contributed by atoms with Crippen LogP contribution in [0, 0.1) is 0 Å². The monoisotopic (exact) mass is 359 g/mol. The van der Waals surface area contributed by atoms with Crippen LogP contribution in [0.3, 0.4) is 0 Å². The molecule has 5 rings (SSSR count). The molecule has 26 heavy (non-hydrogen) atoms. The molecule has 0 radical (unpaired) electrons. The fraction of sp³-hybridized carbons (Fsp3) is 0.0526. The number of aromatic nitrogens is 5. The van der Waals surface area contributed by atoms with Crippen LogP contribution in [0.5, 0.6) is 5.75 Å². The van der Waals surface area contributed by atoms with E-state index < -0.39 is 0 Å². The first-order chi connectivity index (χ1) is 12.8. The maximum atomic E-state index is 5.21. The molecule has 0 bridgehead atoms. The van der Waals surface area contributed by atoms with Crippen molar-refractivity contribution in [1.29, 1.82) is 0 Å². The van der Waals surface area contributed by atoms with E-state index in [1.807, 2.05) is 54.6 Å². The van der Waals surface area contributed by atoms with Gasteiger partial charge in [0.15, 0.2) is 10.8 Å². The van der Waals surface area contributed by atoms with Crippen molar-refractivity contribution in [3.05, 3.63) is 60.7 Å². The molecule has 3 aromatic heterocycles. The van der Waals surface area contributed by atoms with E-state index in [9.17, 15) is 0 Å². The molecule has 2 aromatic carbocycles. The second kappa shape index (κ2) is 5.89. The summed E-state index contributed by atoms with van der Waals surface area (Å²) in [5, 5.41) is 15.1. The minimum Gasteiger partial charge on any atom is -0.497 e. The molecular weight excluding hydrogens is 346 g/mol. The number of benzene rings is 2. The predicted molar refractivity (Wildman–Crippen MR) is 101 cm³/mol. The lowest BCUT2D eigenvalue weighted by Gasteiger charge is -2.01. The van der Waals surface area contributed by atoms with E-state index in [2.05, 4.69) is 21.4 Å². The highest BCUT2D eigenvalue weighted by Crippen LogP contribution is 2.28. The number of fused-ring (bicyclic) bond motifs is 2. The zero-order valence-corrected chi connectivity index (χ0v) is 14.6. The smallest absolute Gasteiger partial charge is 0.235 e. The van der Waals surface area contributed by atoms with Crippen LogP contribution in [0.2, 0.25) is 0 Å². The summed E-state index contributed by atoms with van der Waals surface area (Å²) in [4.78, 5) is 5.45. The van der Waals surface area contributed by atoms with Crippen molar-refractivity contribution in [3.8, 4) is 27.8 Å². The molecule has 6 nitrogen and oxygen atoms in total. The number of hydrogen-bond acceptors (Lipinski definition) is 6. The minimum absolute atomic E-state index is 0.700. The van der Waals surface area contributed by atoms with E-state index in [0.29, 0.717) is 5.82 Å². The molecule has 0 unspecified atom stereocenters. The Morgan fingerprint density at radius 1 is 0.923 bits per heavy atom. The summed E-state index contributed by atoms with van der Waals surface area (Å²) in [7, 11) is 1.65. The average Bonchev–Trinajstić information content (AvgIpc) is 3.28. The van der Waals surface area contributed by atoms with Gasteiger partial charge in [0.2, 0.25) is 4.96 Å². The van der Waals surface area contributed by atoms with Gasteiger partial charge in [-0.3, -0.25) is 0 Å². The molecule has 0 aliphatic rings. The fourth-order valence-corrected chi connectivity index (χ4v) is 3.63. The Kier molecular flexibility index (Phi) is 3.39. The van der Waals surface area contributed by atoms with Gasteiger partial charge in [-0.05, 0) is 36.4 Å². The molecule has 0 fully saturated rings. The largest absolute Gasteiger partial charge is 0.497 e. The molecule has 7 heteroatoms. The summed E-state index contributed by atoms with van der Waals surface area (Å²) in [6, 6.07) is 19.8. The lowest BCUT2D eigenvalue weighted by Crippen LogP contribution is -1.92. The number of rotatable bonds is 3. The molecule has 0 saturated heterocycles. The minimum atomic E-state index is 0.700. The SMILES string of the molecule is COc1ccc(-c2nnc3sc(-c4ccc5ccccc5n4)nn23)cc1. The molecule has 0 N–H and O–H groups in total. The third kappa shape index (κ3) is 2.41. The van der Waals surface area contributed by atoms with Crippen LogP contribution in [0.25, 0.3) is 38.0 Å². The second-order valence-electron chi connectivity index (χ2n) is 5.74. The van der Waals surface area contributed by atoms with Crippen LogP contribution >= 0.6 is 11.3 Å². The van der Waals surface area contributed by atoms with Crippen molar-refractivity contribution in [1.82, 2.24) is 24.8 Å². The van der Waals surface area contributed by atoms with Crippen molar-refractivity contribution >= 4 is 27.2 Å². The molecular formula is C19H13N5OS. The van der Waals surface area contributed by atoms with Crippen molar-refractivity contribution in [2.45, 2.75) is 0 Å².